The summed E-state index contributed by atoms with van der Waals surface area (Å²) in [6.45, 7) is 0.499. The molecule has 1 saturated heterocycles. The van der Waals surface area contributed by atoms with Crippen molar-refractivity contribution in [3.05, 3.63) is 29.0 Å². The number of hydrogen-bond acceptors (Lipinski definition) is 4. The van der Waals surface area contributed by atoms with Crippen molar-refractivity contribution >= 4 is 23.4 Å². The number of amides is 2. The molecule has 6 nitrogen and oxygen atoms in total. The molecule has 1 heterocycles. The fraction of sp³-hybridized carbons (Fsp3) is 0.636. The Labute approximate surface area is 194 Å². The van der Waals surface area contributed by atoms with Crippen LogP contribution in [0.2, 0.25) is 5.02 Å². The second-order valence-electron chi connectivity index (χ2n) is 8.67. The van der Waals surface area contributed by atoms with Gasteiger partial charge in [0.25, 0.3) is 5.91 Å². The Morgan fingerprint density at radius 3 is 2.45 bits per heavy atom. The van der Waals surface area contributed by atoms with Gasteiger partial charge in [0.2, 0.25) is 5.91 Å². The van der Waals surface area contributed by atoms with E-state index in [4.69, 9.17) is 16.3 Å². The standard InChI is InChI=1S/C22H28ClF4N3O3/c23-17-7-6-16(9-18(17)24)33-12-20(31)30-15-5-8-19(28-11-15)21(32)29-10-13-1-3-14(4-2-13)22(25,26)27/h6-7,9,13-15,19,28H,1-5,8,10-12H2,(H,29,32)(H,30,31)/t13?,14?,15-,19+/m0/s1. The quantitative estimate of drug-likeness (QED) is 0.507. The molecule has 33 heavy (non-hydrogen) atoms. The van der Waals surface area contributed by atoms with E-state index in [1.54, 1.807) is 0 Å². The van der Waals surface area contributed by atoms with Crippen molar-refractivity contribution in [2.45, 2.75) is 56.8 Å². The fourth-order valence-corrected chi connectivity index (χ4v) is 4.37. The molecule has 0 unspecified atom stereocenters. The average Bonchev–Trinajstić information content (AvgIpc) is 2.78. The zero-order chi connectivity index (χ0) is 24.0. The summed E-state index contributed by atoms with van der Waals surface area (Å²) in [6, 6.07) is 3.32. The van der Waals surface area contributed by atoms with E-state index in [1.165, 1.54) is 12.1 Å². The van der Waals surface area contributed by atoms with Crippen LogP contribution in [0.15, 0.2) is 18.2 Å². The molecule has 0 bridgehead atoms. The van der Waals surface area contributed by atoms with Crippen LogP contribution in [0.5, 0.6) is 5.75 Å². The van der Waals surface area contributed by atoms with Crippen LogP contribution in [-0.2, 0) is 9.59 Å². The van der Waals surface area contributed by atoms with Crippen LogP contribution in [-0.4, -0.2) is 49.8 Å². The molecule has 1 aromatic rings. The minimum absolute atomic E-state index is 0.0347. The highest BCUT2D eigenvalue weighted by Crippen LogP contribution is 2.39. The lowest BCUT2D eigenvalue weighted by atomic mass is 9.81. The number of carbonyl (C=O) groups is 2. The van der Waals surface area contributed by atoms with Crippen LogP contribution in [0.4, 0.5) is 17.6 Å². The van der Waals surface area contributed by atoms with Crippen LogP contribution < -0.4 is 20.7 Å². The molecule has 2 aliphatic rings. The Morgan fingerprint density at radius 1 is 1.12 bits per heavy atom. The van der Waals surface area contributed by atoms with Crippen LogP contribution >= 0.6 is 11.6 Å². The highest BCUT2D eigenvalue weighted by molar-refractivity contribution is 6.30. The summed E-state index contributed by atoms with van der Waals surface area (Å²) in [6.07, 6.45) is -1.88. The van der Waals surface area contributed by atoms with Gasteiger partial charge in [-0.1, -0.05) is 11.6 Å². The maximum atomic E-state index is 13.4. The first-order valence-electron chi connectivity index (χ1n) is 11.1. The monoisotopic (exact) mass is 493 g/mol. The van der Waals surface area contributed by atoms with E-state index in [-0.39, 0.29) is 54.0 Å². The molecule has 11 heteroatoms. The number of carbonyl (C=O) groups excluding carboxylic acids is 2. The zero-order valence-electron chi connectivity index (χ0n) is 18.0. The third-order valence-electron chi connectivity index (χ3n) is 6.23. The maximum Gasteiger partial charge on any atom is 0.391 e. The smallest absolute Gasteiger partial charge is 0.391 e. The van der Waals surface area contributed by atoms with E-state index in [0.717, 1.165) is 6.07 Å². The number of halogens is 5. The Morgan fingerprint density at radius 2 is 1.85 bits per heavy atom. The molecule has 1 aromatic carbocycles. The van der Waals surface area contributed by atoms with Crippen LogP contribution in [0.25, 0.3) is 0 Å². The number of alkyl halides is 3. The summed E-state index contributed by atoms with van der Waals surface area (Å²) in [5.74, 6) is -2.14. The van der Waals surface area contributed by atoms with Crippen molar-refractivity contribution in [3.63, 3.8) is 0 Å². The summed E-state index contributed by atoms with van der Waals surface area (Å²) in [7, 11) is 0. The van der Waals surface area contributed by atoms with E-state index in [0.29, 0.717) is 38.8 Å². The second-order valence-corrected chi connectivity index (χ2v) is 9.08. The average molecular weight is 494 g/mol. The predicted octanol–water partition coefficient (Wildman–Crippen LogP) is 3.58. The minimum Gasteiger partial charge on any atom is -0.484 e. The van der Waals surface area contributed by atoms with E-state index in [1.807, 2.05) is 0 Å². The first-order valence-corrected chi connectivity index (χ1v) is 11.4. The van der Waals surface area contributed by atoms with Crippen LogP contribution in [0.3, 0.4) is 0 Å². The van der Waals surface area contributed by atoms with Crippen molar-refractivity contribution in [2.75, 3.05) is 19.7 Å². The van der Waals surface area contributed by atoms with Crippen molar-refractivity contribution < 1.29 is 31.9 Å². The van der Waals surface area contributed by atoms with Gasteiger partial charge in [0, 0.05) is 25.2 Å². The predicted molar refractivity (Wildman–Crippen MR) is 114 cm³/mol. The van der Waals surface area contributed by atoms with Gasteiger partial charge in [-0.2, -0.15) is 13.2 Å². The van der Waals surface area contributed by atoms with Crippen molar-refractivity contribution in [3.8, 4) is 5.75 Å². The summed E-state index contributed by atoms with van der Waals surface area (Å²) < 4.78 is 56.9. The molecule has 2 amide bonds. The number of piperidine rings is 1. The summed E-state index contributed by atoms with van der Waals surface area (Å²) in [4.78, 5) is 24.5. The van der Waals surface area contributed by atoms with Gasteiger partial charge in [-0.15, -0.1) is 0 Å². The Bertz CT molecular complexity index is 824. The lowest BCUT2D eigenvalue weighted by Crippen LogP contribution is -2.55. The van der Waals surface area contributed by atoms with Crippen molar-refractivity contribution in [1.82, 2.24) is 16.0 Å². The third-order valence-corrected chi connectivity index (χ3v) is 6.54. The van der Waals surface area contributed by atoms with Crippen molar-refractivity contribution in [1.29, 1.82) is 0 Å². The van der Waals surface area contributed by atoms with Crippen LogP contribution in [0, 0.1) is 17.7 Å². The van der Waals surface area contributed by atoms with E-state index >= 15 is 0 Å². The van der Waals surface area contributed by atoms with Gasteiger partial charge < -0.3 is 20.7 Å². The first-order chi connectivity index (χ1) is 15.6. The minimum atomic E-state index is -4.13. The summed E-state index contributed by atoms with van der Waals surface area (Å²) in [5.41, 5.74) is 0. The van der Waals surface area contributed by atoms with E-state index in [9.17, 15) is 27.2 Å². The molecular formula is C22H28ClF4N3O3. The van der Waals surface area contributed by atoms with Gasteiger partial charge in [-0.25, -0.2) is 4.39 Å². The summed E-state index contributed by atoms with van der Waals surface area (Å²) in [5, 5.41) is 8.71. The SMILES string of the molecule is O=C(COc1ccc(Cl)c(F)c1)N[C@H]1CC[C@H](C(=O)NCC2CCC(C(F)(F)F)CC2)NC1. The molecule has 3 N–H and O–H groups in total. The Balaban J connectivity index is 1.31. The molecule has 0 aromatic heterocycles. The normalized spacial score (nSPS) is 25.8. The first kappa shape index (κ1) is 25.6. The molecule has 184 valence electrons. The molecule has 0 radical (unpaired) electrons. The summed E-state index contributed by atoms with van der Waals surface area (Å²) >= 11 is 5.60. The fourth-order valence-electron chi connectivity index (χ4n) is 4.25. The van der Waals surface area contributed by atoms with Gasteiger partial charge in [0.1, 0.15) is 11.6 Å². The van der Waals surface area contributed by atoms with Crippen molar-refractivity contribution in [2.24, 2.45) is 11.8 Å². The van der Waals surface area contributed by atoms with Gasteiger partial charge in [0.15, 0.2) is 6.61 Å². The highest BCUT2D eigenvalue weighted by atomic mass is 35.5. The highest BCUT2D eigenvalue weighted by Gasteiger charge is 2.41. The number of benzene rings is 1. The second kappa shape index (κ2) is 11.4. The van der Waals surface area contributed by atoms with E-state index in [2.05, 4.69) is 16.0 Å². The Hall–Kier alpha value is -2.07. The molecule has 2 atom stereocenters. The largest absolute Gasteiger partial charge is 0.484 e. The van der Waals surface area contributed by atoms with Gasteiger partial charge in [0.05, 0.1) is 17.0 Å². The lowest BCUT2D eigenvalue weighted by molar-refractivity contribution is -0.183. The number of nitrogens with one attached hydrogen (secondary N) is 3. The number of rotatable bonds is 7. The van der Waals surface area contributed by atoms with Gasteiger partial charge in [-0.05, 0) is 56.6 Å². The lowest BCUT2D eigenvalue weighted by Gasteiger charge is -2.32. The van der Waals surface area contributed by atoms with Gasteiger partial charge >= 0.3 is 6.18 Å². The maximum absolute atomic E-state index is 13.4. The number of ether oxygens (including phenoxy) is 1. The van der Waals surface area contributed by atoms with E-state index < -0.39 is 24.0 Å². The molecule has 1 aliphatic heterocycles. The molecule has 1 aliphatic carbocycles. The third kappa shape index (κ3) is 7.74. The number of hydrogen-bond donors (Lipinski definition) is 3. The molecule has 3 rings (SSSR count). The van der Waals surface area contributed by atoms with Crippen LogP contribution in [0.1, 0.15) is 38.5 Å². The topological polar surface area (TPSA) is 79.5 Å². The molecule has 1 saturated carbocycles. The molecule has 0 spiro atoms. The molecule has 2 fully saturated rings. The van der Waals surface area contributed by atoms with Gasteiger partial charge in [-0.3, -0.25) is 9.59 Å². The molecular weight excluding hydrogens is 466 g/mol. The zero-order valence-corrected chi connectivity index (χ0v) is 18.8. The Kier molecular flexibility index (Phi) is 8.81.